The van der Waals surface area contributed by atoms with Gasteiger partial charge < -0.3 is 5.11 Å². The first kappa shape index (κ1) is 14.0. The molecule has 0 amide bonds. The maximum atomic E-state index is 10.1. The van der Waals surface area contributed by atoms with Crippen molar-refractivity contribution >= 4 is 11.3 Å². The number of aromatic nitrogens is 1. The largest absolute Gasteiger partial charge is 0.390 e. The minimum absolute atomic E-state index is 0.472. The predicted octanol–water partition coefficient (Wildman–Crippen LogP) is 3.00. The maximum absolute atomic E-state index is 10.1. The zero-order chi connectivity index (χ0) is 13.2. The number of rotatable bonds is 3. The predicted molar refractivity (Wildman–Crippen MR) is 76.0 cm³/mol. The average Bonchev–Trinajstić information content (AvgIpc) is 2.67. The molecule has 1 aromatic heterocycles. The van der Waals surface area contributed by atoms with Crippen LogP contribution in [0.2, 0.25) is 0 Å². The van der Waals surface area contributed by atoms with E-state index in [0.29, 0.717) is 5.92 Å². The van der Waals surface area contributed by atoms with Gasteiger partial charge in [-0.3, -0.25) is 4.90 Å². The van der Waals surface area contributed by atoms with Gasteiger partial charge in [-0.1, -0.05) is 13.8 Å². The normalized spacial score (nSPS) is 26.5. The summed E-state index contributed by atoms with van der Waals surface area (Å²) in [6.07, 6.45) is 2.86. The van der Waals surface area contributed by atoms with Crippen molar-refractivity contribution in [2.45, 2.75) is 58.1 Å². The van der Waals surface area contributed by atoms with Gasteiger partial charge in [0, 0.05) is 24.4 Å². The average molecular weight is 268 g/mol. The van der Waals surface area contributed by atoms with Crippen LogP contribution in [0.4, 0.5) is 0 Å². The molecule has 1 unspecified atom stereocenters. The van der Waals surface area contributed by atoms with Crippen LogP contribution in [0.5, 0.6) is 0 Å². The molecule has 1 aliphatic rings. The van der Waals surface area contributed by atoms with Crippen molar-refractivity contribution in [2.24, 2.45) is 0 Å². The summed E-state index contributed by atoms with van der Waals surface area (Å²) in [5.74, 6) is 0.522. The number of likely N-dealkylation sites (tertiary alicyclic amines) is 1. The molecule has 0 spiro atoms. The Morgan fingerprint density at radius 1 is 1.44 bits per heavy atom. The Morgan fingerprint density at radius 3 is 2.89 bits per heavy atom. The van der Waals surface area contributed by atoms with Gasteiger partial charge in [0.1, 0.15) is 0 Å². The van der Waals surface area contributed by atoms with Gasteiger partial charge in [0.25, 0.3) is 0 Å². The van der Waals surface area contributed by atoms with E-state index in [9.17, 15) is 5.11 Å². The highest BCUT2D eigenvalue weighted by Crippen LogP contribution is 2.24. The fraction of sp³-hybridized carbons (Fsp3) is 0.786. The van der Waals surface area contributed by atoms with Gasteiger partial charge in [-0.25, -0.2) is 4.98 Å². The highest BCUT2D eigenvalue weighted by atomic mass is 32.1. The van der Waals surface area contributed by atoms with Crippen molar-refractivity contribution in [3.05, 3.63) is 16.1 Å². The number of hydrogen-bond donors (Lipinski definition) is 1. The van der Waals surface area contributed by atoms with Crippen molar-refractivity contribution in [2.75, 3.05) is 13.1 Å². The van der Waals surface area contributed by atoms with Gasteiger partial charge in [-0.05, 0) is 32.7 Å². The third-order valence-corrected chi connectivity index (χ3v) is 4.80. The first-order valence-electron chi connectivity index (χ1n) is 6.85. The molecule has 0 bridgehead atoms. The van der Waals surface area contributed by atoms with Crippen LogP contribution in [0.1, 0.15) is 56.7 Å². The van der Waals surface area contributed by atoms with E-state index in [1.165, 1.54) is 10.7 Å². The lowest BCUT2D eigenvalue weighted by atomic mass is 9.98. The third kappa shape index (κ3) is 3.77. The second kappa shape index (κ2) is 5.68. The van der Waals surface area contributed by atoms with E-state index in [2.05, 4.69) is 29.1 Å². The first-order chi connectivity index (χ1) is 8.46. The Labute approximate surface area is 114 Å². The Balaban J connectivity index is 1.92. The Hall–Kier alpha value is -0.450. The van der Waals surface area contributed by atoms with Crippen LogP contribution < -0.4 is 0 Å². The number of nitrogens with zero attached hydrogens (tertiary/aromatic N) is 2. The molecule has 1 saturated heterocycles. The van der Waals surface area contributed by atoms with Crippen molar-refractivity contribution in [3.63, 3.8) is 0 Å². The van der Waals surface area contributed by atoms with Crippen molar-refractivity contribution < 1.29 is 5.11 Å². The summed E-state index contributed by atoms with van der Waals surface area (Å²) in [5, 5.41) is 13.5. The SMILES string of the molecule is CC(C)c1nc(CN2CCCC(C)(O)CC2)cs1. The molecule has 0 aliphatic carbocycles. The Kier molecular flexibility index (Phi) is 4.41. The zero-order valence-electron chi connectivity index (χ0n) is 11.6. The summed E-state index contributed by atoms with van der Waals surface area (Å²) in [7, 11) is 0. The molecule has 1 aliphatic heterocycles. The van der Waals surface area contributed by atoms with Gasteiger partial charge in [0.15, 0.2) is 0 Å². The third-order valence-electron chi connectivity index (χ3n) is 3.61. The molecule has 3 nitrogen and oxygen atoms in total. The van der Waals surface area contributed by atoms with E-state index < -0.39 is 5.60 Å². The molecule has 1 atom stereocenters. The summed E-state index contributed by atoms with van der Waals surface area (Å²) in [6.45, 7) is 9.30. The molecule has 1 fully saturated rings. The lowest BCUT2D eigenvalue weighted by Crippen LogP contribution is -2.28. The van der Waals surface area contributed by atoms with E-state index in [-0.39, 0.29) is 0 Å². The van der Waals surface area contributed by atoms with Gasteiger partial charge in [0.2, 0.25) is 0 Å². The Bertz CT molecular complexity index is 387. The van der Waals surface area contributed by atoms with Gasteiger partial charge in [0.05, 0.1) is 16.3 Å². The second-order valence-corrected chi connectivity index (χ2v) is 6.85. The lowest BCUT2D eigenvalue weighted by molar-refractivity contribution is 0.0444. The maximum Gasteiger partial charge on any atom is 0.0954 e. The summed E-state index contributed by atoms with van der Waals surface area (Å²) >= 11 is 1.76. The molecule has 0 aromatic carbocycles. The number of aliphatic hydroxyl groups is 1. The fourth-order valence-corrected chi connectivity index (χ4v) is 3.19. The molecule has 2 heterocycles. The number of hydrogen-bond acceptors (Lipinski definition) is 4. The van der Waals surface area contributed by atoms with Crippen LogP contribution >= 0.6 is 11.3 Å². The zero-order valence-corrected chi connectivity index (χ0v) is 12.5. The van der Waals surface area contributed by atoms with Crippen molar-refractivity contribution in [3.8, 4) is 0 Å². The summed E-state index contributed by atoms with van der Waals surface area (Å²) < 4.78 is 0. The van der Waals surface area contributed by atoms with Gasteiger partial charge in [-0.15, -0.1) is 11.3 Å². The minimum Gasteiger partial charge on any atom is -0.390 e. The van der Waals surface area contributed by atoms with E-state index in [4.69, 9.17) is 0 Å². The smallest absolute Gasteiger partial charge is 0.0954 e. The molecule has 0 radical (unpaired) electrons. The van der Waals surface area contributed by atoms with Crippen LogP contribution in [-0.4, -0.2) is 33.7 Å². The first-order valence-corrected chi connectivity index (χ1v) is 7.73. The van der Waals surface area contributed by atoms with Crippen LogP contribution in [0, 0.1) is 0 Å². The van der Waals surface area contributed by atoms with Crippen LogP contribution in [0.15, 0.2) is 5.38 Å². The molecule has 1 N–H and O–H groups in total. The molecule has 102 valence electrons. The molecule has 4 heteroatoms. The summed E-state index contributed by atoms with van der Waals surface area (Å²) in [4.78, 5) is 7.10. The minimum atomic E-state index is -0.472. The van der Waals surface area contributed by atoms with Gasteiger partial charge >= 0.3 is 0 Å². The van der Waals surface area contributed by atoms with E-state index in [1.54, 1.807) is 11.3 Å². The van der Waals surface area contributed by atoms with Crippen molar-refractivity contribution in [1.82, 2.24) is 9.88 Å². The van der Waals surface area contributed by atoms with Gasteiger partial charge in [-0.2, -0.15) is 0 Å². The number of thiazole rings is 1. The highest BCUT2D eigenvalue weighted by molar-refractivity contribution is 7.09. The second-order valence-electron chi connectivity index (χ2n) is 5.96. The van der Waals surface area contributed by atoms with E-state index in [0.717, 1.165) is 38.9 Å². The van der Waals surface area contributed by atoms with E-state index in [1.807, 2.05) is 6.92 Å². The lowest BCUT2D eigenvalue weighted by Gasteiger charge is -2.21. The van der Waals surface area contributed by atoms with Crippen LogP contribution in [-0.2, 0) is 6.54 Å². The van der Waals surface area contributed by atoms with E-state index >= 15 is 0 Å². The monoisotopic (exact) mass is 268 g/mol. The molecular formula is C14H24N2OS. The Morgan fingerprint density at radius 2 is 2.22 bits per heavy atom. The summed E-state index contributed by atoms with van der Waals surface area (Å²) in [5.41, 5.74) is 0.713. The van der Waals surface area contributed by atoms with Crippen molar-refractivity contribution in [1.29, 1.82) is 0 Å². The molecular weight excluding hydrogens is 244 g/mol. The molecule has 2 rings (SSSR count). The summed E-state index contributed by atoms with van der Waals surface area (Å²) in [6, 6.07) is 0. The topological polar surface area (TPSA) is 36.4 Å². The quantitative estimate of drug-likeness (QED) is 0.915. The highest BCUT2D eigenvalue weighted by Gasteiger charge is 2.25. The van der Waals surface area contributed by atoms with Crippen LogP contribution in [0.3, 0.4) is 0 Å². The standard InChI is InChI=1S/C14H24N2OS/c1-11(2)13-15-12(10-18-13)9-16-7-4-5-14(3,17)6-8-16/h10-11,17H,4-9H2,1-3H3. The van der Waals surface area contributed by atoms with Crippen LogP contribution in [0.25, 0.3) is 0 Å². The molecule has 0 saturated carbocycles. The molecule has 18 heavy (non-hydrogen) atoms. The fourth-order valence-electron chi connectivity index (χ4n) is 2.37. The molecule has 1 aromatic rings.